The molecule has 0 aliphatic carbocycles. The molecular weight excluding hydrogens is 429 g/mol. The minimum Gasteiger partial charge on any atom is -0.381 e. The summed E-state index contributed by atoms with van der Waals surface area (Å²) in [5.74, 6) is -1.11. The SMILES string of the molecule is C[C@H](N[C@H]1CCCO[C@@H]1Cc1ccc2c(c1F)CN(C1CCC(=O)NC1=O)C2=O)C1COC1. The van der Waals surface area contributed by atoms with Crippen LogP contribution in [-0.4, -0.2) is 66.7 Å². The number of benzene rings is 1. The highest BCUT2D eigenvalue weighted by atomic mass is 19.1. The monoisotopic (exact) mass is 459 g/mol. The van der Waals surface area contributed by atoms with Gasteiger partial charge in [-0.1, -0.05) is 6.07 Å². The molecule has 3 fully saturated rings. The number of carbonyl (C=O) groups excluding carboxylic acids is 3. The average Bonchev–Trinajstić information content (AvgIpc) is 3.07. The van der Waals surface area contributed by atoms with Crippen molar-refractivity contribution in [3.8, 4) is 0 Å². The predicted molar refractivity (Wildman–Crippen MR) is 116 cm³/mol. The second-order valence-corrected chi connectivity index (χ2v) is 9.58. The molecule has 4 aliphatic rings. The van der Waals surface area contributed by atoms with Gasteiger partial charge in [0.2, 0.25) is 11.8 Å². The van der Waals surface area contributed by atoms with Crippen molar-refractivity contribution in [2.45, 2.75) is 69.8 Å². The number of piperidine rings is 1. The molecule has 1 aromatic carbocycles. The Kier molecular flexibility index (Phi) is 6.20. The lowest BCUT2D eigenvalue weighted by Gasteiger charge is -2.39. The molecule has 3 saturated heterocycles. The van der Waals surface area contributed by atoms with E-state index < -0.39 is 17.8 Å². The van der Waals surface area contributed by atoms with Crippen LogP contribution < -0.4 is 10.6 Å². The van der Waals surface area contributed by atoms with Gasteiger partial charge in [0.15, 0.2) is 0 Å². The van der Waals surface area contributed by atoms with Gasteiger partial charge in [-0.15, -0.1) is 0 Å². The molecule has 4 atom stereocenters. The van der Waals surface area contributed by atoms with Crippen LogP contribution in [0.2, 0.25) is 0 Å². The Morgan fingerprint density at radius 1 is 1.24 bits per heavy atom. The van der Waals surface area contributed by atoms with E-state index in [1.165, 1.54) is 4.90 Å². The number of carbonyl (C=O) groups is 3. The van der Waals surface area contributed by atoms with Crippen molar-refractivity contribution < 1.29 is 28.2 Å². The Bertz CT molecular complexity index is 966. The van der Waals surface area contributed by atoms with Crippen molar-refractivity contribution in [2.24, 2.45) is 5.92 Å². The summed E-state index contributed by atoms with van der Waals surface area (Å²) < 4.78 is 26.9. The second-order valence-electron chi connectivity index (χ2n) is 9.58. The van der Waals surface area contributed by atoms with Crippen LogP contribution in [0.4, 0.5) is 4.39 Å². The number of hydrogen-bond donors (Lipinski definition) is 2. The lowest BCUT2D eigenvalue weighted by molar-refractivity contribution is -0.136. The second kappa shape index (κ2) is 9.12. The van der Waals surface area contributed by atoms with Gasteiger partial charge in [-0.05, 0) is 37.8 Å². The van der Waals surface area contributed by atoms with Crippen molar-refractivity contribution in [3.05, 3.63) is 34.6 Å². The normalized spacial score (nSPS) is 29.0. The van der Waals surface area contributed by atoms with Crippen molar-refractivity contribution >= 4 is 17.7 Å². The molecule has 1 aromatic rings. The summed E-state index contributed by atoms with van der Waals surface area (Å²) in [5.41, 5.74) is 1.13. The molecule has 9 heteroatoms. The number of imide groups is 1. The molecule has 0 aromatic heterocycles. The van der Waals surface area contributed by atoms with E-state index in [2.05, 4.69) is 17.6 Å². The van der Waals surface area contributed by atoms with E-state index >= 15 is 4.39 Å². The number of nitrogens with one attached hydrogen (secondary N) is 2. The van der Waals surface area contributed by atoms with Crippen molar-refractivity contribution in [1.29, 1.82) is 0 Å². The number of nitrogens with zero attached hydrogens (tertiary/aromatic N) is 1. The minimum atomic E-state index is -0.752. The number of amides is 3. The maximum atomic E-state index is 15.6. The summed E-state index contributed by atoms with van der Waals surface area (Å²) in [4.78, 5) is 38.0. The van der Waals surface area contributed by atoms with E-state index in [0.29, 0.717) is 41.7 Å². The van der Waals surface area contributed by atoms with Crippen molar-refractivity contribution in [3.63, 3.8) is 0 Å². The third kappa shape index (κ3) is 4.29. The number of halogens is 1. The molecule has 178 valence electrons. The molecule has 3 amide bonds. The fourth-order valence-electron chi connectivity index (χ4n) is 5.28. The number of ether oxygens (including phenoxy) is 2. The Balaban J connectivity index is 1.30. The maximum Gasteiger partial charge on any atom is 0.255 e. The van der Waals surface area contributed by atoms with Gasteiger partial charge < -0.3 is 19.7 Å². The first kappa shape index (κ1) is 22.4. The Morgan fingerprint density at radius 3 is 2.79 bits per heavy atom. The van der Waals surface area contributed by atoms with E-state index in [1.807, 2.05) is 0 Å². The van der Waals surface area contributed by atoms with Crippen LogP contribution in [0, 0.1) is 11.7 Å². The van der Waals surface area contributed by atoms with Crippen LogP contribution in [0.15, 0.2) is 12.1 Å². The minimum absolute atomic E-state index is 0.0338. The van der Waals surface area contributed by atoms with Gasteiger partial charge >= 0.3 is 0 Å². The van der Waals surface area contributed by atoms with Crippen LogP contribution in [0.25, 0.3) is 0 Å². The number of hydrogen-bond acceptors (Lipinski definition) is 6. The first-order valence-electron chi connectivity index (χ1n) is 11.8. The molecule has 4 aliphatic heterocycles. The largest absolute Gasteiger partial charge is 0.381 e. The van der Waals surface area contributed by atoms with Crippen LogP contribution in [-0.2, 0) is 32.0 Å². The first-order chi connectivity index (χ1) is 15.9. The van der Waals surface area contributed by atoms with Gasteiger partial charge in [0, 0.05) is 48.6 Å². The first-order valence-corrected chi connectivity index (χ1v) is 11.8. The number of fused-ring (bicyclic) bond motifs is 1. The zero-order valence-electron chi connectivity index (χ0n) is 18.8. The van der Waals surface area contributed by atoms with Gasteiger partial charge in [-0.2, -0.15) is 0 Å². The van der Waals surface area contributed by atoms with Gasteiger partial charge in [0.1, 0.15) is 11.9 Å². The summed E-state index contributed by atoms with van der Waals surface area (Å²) in [6.07, 6.45) is 2.62. The Hall–Kier alpha value is -2.36. The predicted octanol–water partition coefficient (Wildman–Crippen LogP) is 1.30. The molecule has 0 spiro atoms. The highest BCUT2D eigenvalue weighted by Gasteiger charge is 2.41. The average molecular weight is 460 g/mol. The molecular formula is C24H30FN3O5. The molecule has 4 heterocycles. The zero-order valence-corrected chi connectivity index (χ0v) is 18.8. The maximum absolute atomic E-state index is 15.6. The Morgan fingerprint density at radius 2 is 2.06 bits per heavy atom. The van der Waals surface area contributed by atoms with Gasteiger partial charge in [0.05, 0.1) is 25.9 Å². The van der Waals surface area contributed by atoms with E-state index in [4.69, 9.17) is 9.47 Å². The summed E-state index contributed by atoms with van der Waals surface area (Å²) in [6.45, 7) is 4.38. The third-order valence-electron chi connectivity index (χ3n) is 7.44. The molecule has 1 unspecified atom stereocenters. The molecule has 8 nitrogen and oxygen atoms in total. The lowest BCUT2D eigenvalue weighted by Crippen LogP contribution is -2.54. The fourth-order valence-corrected chi connectivity index (χ4v) is 5.28. The van der Waals surface area contributed by atoms with Crippen LogP contribution in [0.5, 0.6) is 0 Å². The van der Waals surface area contributed by atoms with E-state index in [9.17, 15) is 14.4 Å². The lowest BCUT2D eigenvalue weighted by atomic mass is 9.92. The fraction of sp³-hybridized carbons (Fsp3) is 0.625. The molecule has 0 saturated carbocycles. The topological polar surface area (TPSA) is 97.0 Å². The van der Waals surface area contributed by atoms with Crippen molar-refractivity contribution in [1.82, 2.24) is 15.5 Å². The Labute approximate surface area is 192 Å². The molecule has 0 bridgehead atoms. The zero-order chi connectivity index (χ0) is 23.1. The van der Waals surface area contributed by atoms with E-state index in [-0.39, 0.29) is 43.3 Å². The molecule has 33 heavy (non-hydrogen) atoms. The van der Waals surface area contributed by atoms with Gasteiger partial charge in [-0.25, -0.2) is 4.39 Å². The van der Waals surface area contributed by atoms with E-state index in [0.717, 1.165) is 26.1 Å². The van der Waals surface area contributed by atoms with Crippen LogP contribution in [0.3, 0.4) is 0 Å². The third-order valence-corrected chi connectivity index (χ3v) is 7.44. The smallest absolute Gasteiger partial charge is 0.255 e. The quantitative estimate of drug-likeness (QED) is 0.623. The van der Waals surface area contributed by atoms with Crippen LogP contribution in [0.1, 0.15) is 54.1 Å². The molecule has 2 N–H and O–H groups in total. The standard InChI is InChI=1S/C24H30FN3O5/c1-13(15-11-32-12-15)26-18-3-2-8-33-20(18)9-14-4-5-16-17(22(14)25)10-28(24(16)31)19-6-7-21(29)27-23(19)30/h4-5,13,15,18-20,26H,2-3,6-12H2,1H3,(H,27,29,30)/t13-,18-,19?,20+/m0/s1. The highest BCUT2D eigenvalue weighted by molar-refractivity contribution is 6.05. The van der Waals surface area contributed by atoms with Gasteiger partial charge in [0.25, 0.3) is 5.91 Å². The van der Waals surface area contributed by atoms with E-state index in [1.54, 1.807) is 12.1 Å². The number of rotatable bonds is 6. The molecule has 0 radical (unpaired) electrons. The summed E-state index contributed by atoms with van der Waals surface area (Å²) >= 11 is 0. The molecule has 5 rings (SSSR count). The summed E-state index contributed by atoms with van der Waals surface area (Å²) in [7, 11) is 0. The summed E-state index contributed by atoms with van der Waals surface area (Å²) in [5, 5.41) is 5.94. The van der Waals surface area contributed by atoms with Gasteiger partial charge in [-0.3, -0.25) is 19.7 Å². The summed E-state index contributed by atoms with van der Waals surface area (Å²) in [6, 6.07) is 3.00. The van der Waals surface area contributed by atoms with Crippen molar-refractivity contribution in [2.75, 3.05) is 19.8 Å². The highest BCUT2D eigenvalue weighted by Crippen LogP contribution is 2.32. The van der Waals surface area contributed by atoms with Crippen LogP contribution >= 0.6 is 0 Å².